The van der Waals surface area contributed by atoms with Gasteiger partial charge in [0.05, 0.1) is 12.2 Å². The Morgan fingerprint density at radius 1 is 1.58 bits per heavy atom. The molecular weight excluding hydrogens is 154 g/mol. The fourth-order valence-corrected chi connectivity index (χ4v) is 0.993. The molecule has 0 aromatic carbocycles. The first-order valence-corrected chi connectivity index (χ1v) is 3.73. The molecule has 12 heavy (non-hydrogen) atoms. The van der Waals surface area contributed by atoms with Crippen molar-refractivity contribution in [2.75, 3.05) is 0 Å². The molecule has 0 radical (unpaired) electrons. The van der Waals surface area contributed by atoms with Crippen molar-refractivity contribution in [1.29, 1.82) is 0 Å². The number of hydrogen-bond acceptors (Lipinski definition) is 4. The summed E-state index contributed by atoms with van der Waals surface area (Å²) in [5.74, 6) is 0.554. The van der Waals surface area contributed by atoms with Crippen LogP contribution in [0.3, 0.4) is 0 Å². The third-order valence-electron chi connectivity index (χ3n) is 1.60. The first kappa shape index (κ1) is 7.24. The zero-order valence-electron chi connectivity index (χ0n) is 6.69. The molecule has 2 aromatic rings. The van der Waals surface area contributed by atoms with Gasteiger partial charge in [0, 0.05) is 12.3 Å². The van der Waals surface area contributed by atoms with Crippen LogP contribution in [0, 0.1) is 0 Å². The molecule has 0 fully saturated rings. The standard InChI is InChI=1S/C8H9N3O/c1-5(9)8-11-6-4-10-3-2-7(6)12-8/h2-5H,9H2,1H3/t5-/m0/s1. The molecule has 2 N–H and O–H groups in total. The summed E-state index contributed by atoms with van der Waals surface area (Å²) in [7, 11) is 0. The second-order valence-corrected chi connectivity index (χ2v) is 2.68. The van der Waals surface area contributed by atoms with E-state index in [1.807, 2.05) is 6.92 Å². The van der Waals surface area contributed by atoms with Crippen LogP contribution in [0.1, 0.15) is 18.9 Å². The Balaban J connectivity index is 2.62. The lowest BCUT2D eigenvalue weighted by atomic mass is 10.4. The van der Waals surface area contributed by atoms with E-state index >= 15 is 0 Å². The van der Waals surface area contributed by atoms with Crippen LogP contribution >= 0.6 is 0 Å². The SMILES string of the molecule is C[C@H](N)c1nc2cnccc2o1. The van der Waals surface area contributed by atoms with Gasteiger partial charge in [0.1, 0.15) is 5.52 Å². The Morgan fingerprint density at radius 3 is 3.08 bits per heavy atom. The first-order valence-electron chi connectivity index (χ1n) is 3.73. The van der Waals surface area contributed by atoms with Crippen molar-refractivity contribution in [3.63, 3.8) is 0 Å². The van der Waals surface area contributed by atoms with Gasteiger partial charge in [0.2, 0.25) is 5.89 Å². The van der Waals surface area contributed by atoms with Crippen molar-refractivity contribution in [2.45, 2.75) is 13.0 Å². The number of aromatic nitrogens is 2. The maximum atomic E-state index is 5.60. The van der Waals surface area contributed by atoms with Gasteiger partial charge in [-0.2, -0.15) is 0 Å². The Bertz CT molecular complexity index is 361. The monoisotopic (exact) mass is 163 g/mol. The third-order valence-corrected chi connectivity index (χ3v) is 1.60. The molecule has 0 bridgehead atoms. The lowest BCUT2D eigenvalue weighted by Crippen LogP contribution is -2.04. The van der Waals surface area contributed by atoms with Crippen LogP contribution in [-0.4, -0.2) is 9.97 Å². The van der Waals surface area contributed by atoms with E-state index in [0.717, 1.165) is 11.1 Å². The maximum Gasteiger partial charge on any atom is 0.212 e. The molecule has 2 aromatic heterocycles. The number of nitrogens with two attached hydrogens (primary N) is 1. The van der Waals surface area contributed by atoms with Gasteiger partial charge in [-0.25, -0.2) is 4.98 Å². The van der Waals surface area contributed by atoms with Crippen molar-refractivity contribution in [3.05, 3.63) is 24.4 Å². The molecule has 0 saturated carbocycles. The van der Waals surface area contributed by atoms with Crippen LogP contribution < -0.4 is 5.73 Å². The fraction of sp³-hybridized carbons (Fsp3) is 0.250. The second kappa shape index (κ2) is 2.57. The van der Waals surface area contributed by atoms with Gasteiger partial charge in [-0.3, -0.25) is 4.98 Å². The van der Waals surface area contributed by atoms with Gasteiger partial charge in [-0.1, -0.05) is 0 Å². The molecule has 0 aliphatic rings. The molecule has 2 heterocycles. The highest BCUT2D eigenvalue weighted by atomic mass is 16.3. The van der Waals surface area contributed by atoms with Gasteiger partial charge in [0.25, 0.3) is 0 Å². The highest BCUT2D eigenvalue weighted by Gasteiger charge is 2.08. The fourth-order valence-electron chi connectivity index (χ4n) is 0.993. The van der Waals surface area contributed by atoms with E-state index in [2.05, 4.69) is 9.97 Å². The van der Waals surface area contributed by atoms with Gasteiger partial charge in [0.15, 0.2) is 5.58 Å². The summed E-state index contributed by atoms with van der Waals surface area (Å²) in [6.07, 6.45) is 3.32. The predicted molar refractivity (Wildman–Crippen MR) is 44.4 cm³/mol. The average Bonchev–Trinajstić information content (AvgIpc) is 2.46. The van der Waals surface area contributed by atoms with Gasteiger partial charge < -0.3 is 10.2 Å². The molecule has 0 unspecified atom stereocenters. The minimum absolute atomic E-state index is 0.169. The van der Waals surface area contributed by atoms with Crippen molar-refractivity contribution in [3.8, 4) is 0 Å². The van der Waals surface area contributed by atoms with Gasteiger partial charge in [-0.05, 0) is 6.92 Å². The molecule has 0 spiro atoms. The summed E-state index contributed by atoms with van der Waals surface area (Å²) in [6.45, 7) is 1.83. The molecular formula is C8H9N3O. The zero-order valence-corrected chi connectivity index (χ0v) is 6.69. The average molecular weight is 163 g/mol. The van der Waals surface area contributed by atoms with Crippen LogP contribution in [0.15, 0.2) is 22.9 Å². The van der Waals surface area contributed by atoms with Crippen molar-refractivity contribution >= 4 is 11.1 Å². The van der Waals surface area contributed by atoms with Crippen LogP contribution in [-0.2, 0) is 0 Å². The Labute approximate surface area is 69.4 Å². The maximum absolute atomic E-state index is 5.60. The molecule has 4 heteroatoms. The van der Waals surface area contributed by atoms with Crippen molar-refractivity contribution in [2.24, 2.45) is 5.73 Å². The molecule has 0 amide bonds. The number of nitrogens with zero attached hydrogens (tertiary/aromatic N) is 2. The second-order valence-electron chi connectivity index (χ2n) is 2.68. The normalized spacial score (nSPS) is 13.5. The Kier molecular flexibility index (Phi) is 1.55. The van der Waals surface area contributed by atoms with Gasteiger partial charge >= 0.3 is 0 Å². The summed E-state index contributed by atoms with van der Waals surface area (Å²) in [4.78, 5) is 8.08. The minimum atomic E-state index is -0.169. The van der Waals surface area contributed by atoms with Crippen LogP contribution in [0.2, 0.25) is 0 Å². The molecule has 0 aliphatic carbocycles. The largest absolute Gasteiger partial charge is 0.439 e. The topological polar surface area (TPSA) is 64.9 Å². The predicted octanol–water partition coefficient (Wildman–Crippen LogP) is 1.24. The minimum Gasteiger partial charge on any atom is -0.439 e. The van der Waals surface area contributed by atoms with Crippen molar-refractivity contribution < 1.29 is 4.42 Å². The van der Waals surface area contributed by atoms with Crippen LogP contribution in [0.25, 0.3) is 11.1 Å². The summed E-state index contributed by atoms with van der Waals surface area (Å²) >= 11 is 0. The van der Waals surface area contributed by atoms with E-state index in [1.165, 1.54) is 0 Å². The number of pyridine rings is 1. The van der Waals surface area contributed by atoms with Gasteiger partial charge in [-0.15, -0.1) is 0 Å². The molecule has 62 valence electrons. The van der Waals surface area contributed by atoms with E-state index in [0.29, 0.717) is 5.89 Å². The summed E-state index contributed by atoms with van der Waals surface area (Å²) in [6, 6.07) is 1.60. The smallest absolute Gasteiger partial charge is 0.212 e. The van der Waals surface area contributed by atoms with E-state index in [4.69, 9.17) is 10.2 Å². The highest BCUT2D eigenvalue weighted by Crippen LogP contribution is 2.16. The molecule has 0 aliphatic heterocycles. The molecule has 2 rings (SSSR count). The van der Waals surface area contributed by atoms with Crippen LogP contribution in [0.5, 0.6) is 0 Å². The molecule has 4 nitrogen and oxygen atoms in total. The van der Waals surface area contributed by atoms with E-state index < -0.39 is 0 Å². The zero-order chi connectivity index (χ0) is 8.55. The quantitative estimate of drug-likeness (QED) is 0.686. The number of fused-ring (bicyclic) bond motifs is 1. The summed E-state index contributed by atoms with van der Waals surface area (Å²) < 4.78 is 5.35. The Hall–Kier alpha value is -1.42. The molecule has 1 atom stereocenters. The lowest BCUT2D eigenvalue weighted by molar-refractivity contribution is 0.492. The Morgan fingerprint density at radius 2 is 2.42 bits per heavy atom. The van der Waals surface area contributed by atoms with Crippen LogP contribution in [0.4, 0.5) is 0 Å². The van der Waals surface area contributed by atoms with E-state index in [-0.39, 0.29) is 6.04 Å². The summed E-state index contributed by atoms with van der Waals surface area (Å²) in [5.41, 5.74) is 7.09. The third kappa shape index (κ3) is 1.06. The number of oxazole rings is 1. The lowest BCUT2D eigenvalue weighted by Gasteiger charge is -1.94. The summed E-state index contributed by atoms with van der Waals surface area (Å²) in [5, 5.41) is 0. The highest BCUT2D eigenvalue weighted by molar-refractivity contribution is 5.70. The van der Waals surface area contributed by atoms with E-state index in [1.54, 1.807) is 18.5 Å². The number of hydrogen-bond donors (Lipinski definition) is 1. The van der Waals surface area contributed by atoms with E-state index in [9.17, 15) is 0 Å². The number of rotatable bonds is 1. The van der Waals surface area contributed by atoms with Crippen molar-refractivity contribution in [1.82, 2.24) is 9.97 Å². The first-order chi connectivity index (χ1) is 5.77. The molecule has 0 saturated heterocycles.